The summed E-state index contributed by atoms with van der Waals surface area (Å²) in [4.78, 5) is 33.2. The van der Waals surface area contributed by atoms with Crippen LogP contribution in [0.5, 0.6) is 0 Å². The lowest BCUT2D eigenvalue weighted by atomic mass is 10.2. The Labute approximate surface area is 153 Å². The van der Waals surface area contributed by atoms with Crippen molar-refractivity contribution in [2.24, 2.45) is 0 Å². The van der Waals surface area contributed by atoms with E-state index in [1.54, 1.807) is 11.6 Å². The van der Waals surface area contributed by atoms with Gasteiger partial charge >= 0.3 is 0 Å². The monoisotopic (exact) mass is 386 g/mol. The van der Waals surface area contributed by atoms with E-state index in [1.807, 2.05) is 0 Å². The van der Waals surface area contributed by atoms with Crippen molar-refractivity contribution in [3.05, 3.63) is 22.1 Å². The van der Waals surface area contributed by atoms with Crippen LogP contribution < -0.4 is 10.6 Å². The Kier molecular flexibility index (Phi) is 7.14. The fraction of sp³-hybridized carbons (Fsp3) is 0.467. The molecule has 0 bridgehead atoms. The predicted molar refractivity (Wildman–Crippen MR) is 99.2 cm³/mol. The first-order valence-electron chi connectivity index (χ1n) is 7.53. The minimum atomic E-state index is -0.176. The molecule has 0 saturated heterocycles. The maximum Gasteiger partial charge on any atom is 0.232 e. The molecule has 2 N–H and O–H groups in total. The van der Waals surface area contributed by atoms with Gasteiger partial charge in [-0.15, -0.1) is 34.3 Å². The molecule has 0 spiro atoms. The highest BCUT2D eigenvalue weighted by molar-refractivity contribution is 7.15. The van der Waals surface area contributed by atoms with Crippen LogP contribution in [-0.2, 0) is 16.0 Å². The molecule has 0 radical (unpaired) electrons. The fourth-order valence-corrected chi connectivity index (χ4v) is 3.49. The SMILES string of the molecule is CC(C)c1cnc(NC(=O)Cc2csc(NC(=O)CCCCl)n2)s1. The van der Waals surface area contributed by atoms with E-state index in [0.29, 0.717) is 40.6 Å². The predicted octanol–water partition coefficient (Wildman–Crippen LogP) is 3.86. The van der Waals surface area contributed by atoms with Crippen LogP contribution in [0.15, 0.2) is 11.6 Å². The van der Waals surface area contributed by atoms with Gasteiger partial charge < -0.3 is 10.6 Å². The highest BCUT2D eigenvalue weighted by Crippen LogP contribution is 2.25. The number of halogens is 1. The van der Waals surface area contributed by atoms with Gasteiger partial charge in [-0.3, -0.25) is 9.59 Å². The van der Waals surface area contributed by atoms with E-state index in [1.165, 1.54) is 22.7 Å². The van der Waals surface area contributed by atoms with Gasteiger partial charge in [0, 0.05) is 28.8 Å². The van der Waals surface area contributed by atoms with Gasteiger partial charge in [-0.1, -0.05) is 13.8 Å². The molecule has 2 aromatic heterocycles. The number of aromatic nitrogens is 2. The summed E-state index contributed by atoms with van der Waals surface area (Å²) in [6.45, 7) is 4.16. The average molecular weight is 387 g/mol. The van der Waals surface area contributed by atoms with Gasteiger partial charge in [-0.2, -0.15) is 0 Å². The second-order valence-corrected chi connectivity index (χ2v) is 7.73. The maximum absolute atomic E-state index is 12.1. The van der Waals surface area contributed by atoms with Crippen LogP contribution >= 0.6 is 34.3 Å². The molecule has 2 aromatic rings. The summed E-state index contributed by atoms with van der Waals surface area (Å²) in [6.07, 6.45) is 2.91. The molecule has 0 aliphatic carbocycles. The molecular weight excluding hydrogens is 368 g/mol. The van der Waals surface area contributed by atoms with Gasteiger partial charge in [-0.05, 0) is 12.3 Å². The van der Waals surface area contributed by atoms with E-state index in [9.17, 15) is 9.59 Å². The molecule has 9 heteroatoms. The van der Waals surface area contributed by atoms with Crippen LogP contribution in [-0.4, -0.2) is 27.7 Å². The Bertz CT molecular complexity index is 699. The van der Waals surface area contributed by atoms with Crippen molar-refractivity contribution >= 4 is 56.4 Å². The summed E-state index contributed by atoms with van der Waals surface area (Å²) in [6, 6.07) is 0. The molecule has 24 heavy (non-hydrogen) atoms. The first-order chi connectivity index (χ1) is 11.5. The largest absolute Gasteiger partial charge is 0.302 e. The third-order valence-electron chi connectivity index (χ3n) is 3.02. The number of anilines is 2. The Morgan fingerprint density at radius 3 is 2.67 bits per heavy atom. The van der Waals surface area contributed by atoms with Crippen molar-refractivity contribution in [3.63, 3.8) is 0 Å². The van der Waals surface area contributed by atoms with E-state index in [-0.39, 0.29) is 18.2 Å². The molecule has 0 aromatic carbocycles. The van der Waals surface area contributed by atoms with Crippen LogP contribution in [0, 0.1) is 0 Å². The normalized spacial score (nSPS) is 10.8. The second kappa shape index (κ2) is 9.10. The highest BCUT2D eigenvalue weighted by atomic mass is 35.5. The summed E-state index contributed by atoms with van der Waals surface area (Å²) in [5.74, 6) is 0.540. The summed E-state index contributed by atoms with van der Waals surface area (Å²) < 4.78 is 0. The number of hydrogen-bond acceptors (Lipinski definition) is 6. The Morgan fingerprint density at radius 2 is 2.00 bits per heavy atom. The molecule has 0 fully saturated rings. The lowest BCUT2D eigenvalue weighted by Crippen LogP contribution is -2.15. The Hall–Kier alpha value is -1.51. The number of thiazole rings is 2. The van der Waals surface area contributed by atoms with Crippen molar-refractivity contribution in [1.82, 2.24) is 9.97 Å². The number of carbonyl (C=O) groups is 2. The number of amides is 2. The summed E-state index contributed by atoms with van der Waals surface area (Å²) in [5, 5.41) is 8.33. The fourth-order valence-electron chi connectivity index (χ4n) is 1.79. The van der Waals surface area contributed by atoms with E-state index in [2.05, 4.69) is 34.4 Å². The number of nitrogens with zero attached hydrogens (tertiary/aromatic N) is 2. The summed E-state index contributed by atoms with van der Waals surface area (Å²) >= 11 is 8.32. The smallest absolute Gasteiger partial charge is 0.232 e. The molecule has 0 aliphatic heterocycles. The quantitative estimate of drug-likeness (QED) is 0.674. The van der Waals surface area contributed by atoms with Crippen LogP contribution in [0.2, 0.25) is 0 Å². The summed E-state index contributed by atoms with van der Waals surface area (Å²) in [7, 11) is 0. The number of hydrogen-bond donors (Lipinski definition) is 2. The molecule has 6 nitrogen and oxygen atoms in total. The molecule has 2 amide bonds. The highest BCUT2D eigenvalue weighted by Gasteiger charge is 2.12. The Balaban J connectivity index is 1.84. The zero-order chi connectivity index (χ0) is 17.5. The second-order valence-electron chi connectivity index (χ2n) is 5.43. The van der Waals surface area contributed by atoms with Crippen molar-refractivity contribution < 1.29 is 9.59 Å². The third kappa shape index (κ3) is 5.85. The lowest BCUT2D eigenvalue weighted by Gasteiger charge is -2.00. The minimum Gasteiger partial charge on any atom is -0.302 e. The van der Waals surface area contributed by atoms with Gasteiger partial charge in [0.25, 0.3) is 0 Å². The van der Waals surface area contributed by atoms with Gasteiger partial charge in [0.1, 0.15) is 0 Å². The van der Waals surface area contributed by atoms with Gasteiger partial charge in [-0.25, -0.2) is 9.97 Å². The van der Waals surface area contributed by atoms with Gasteiger partial charge in [0.2, 0.25) is 11.8 Å². The van der Waals surface area contributed by atoms with E-state index >= 15 is 0 Å². The van der Waals surface area contributed by atoms with Crippen molar-refractivity contribution in [3.8, 4) is 0 Å². The molecule has 0 aliphatic rings. The zero-order valence-corrected chi connectivity index (χ0v) is 15.9. The third-order valence-corrected chi connectivity index (χ3v) is 5.30. The number of nitrogens with one attached hydrogen (secondary N) is 2. The molecule has 2 rings (SSSR count). The number of rotatable bonds is 8. The van der Waals surface area contributed by atoms with E-state index < -0.39 is 0 Å². The molecule has 0 unspecified atom stereocenters. The molecular formula is C15H19ClN4O2S2. The first kappa shape index (κ1) is 18.8. The standard InChI is InChI=1S/C15H19ClN4O2S2/c1-9(2)11-7-17-14(24-11)20-13(22)6-10-8-23-15(18-10)19-12(21)4-3-5-16/h7-9H,3-6H2,1-2H3,(H,17,20,22)(H,18,19,21). The molecule has 130 valence electrons. The number of carbonyl (C=O) groups excluding carboxylic acids is 2. The van der Waals surface area contributed by atoms with Crippen LogP contribution in [0.25, 0.3) is 0 Å². The zero-order valence-electron chi connectivity index (χ0n) is 13.5. The minimum absolute atomic E-state index is 0.120. The first-order valence-corrected chi connectivity index (χ1v) is 9.76. The maximum atomic E-state index is 12.1. The van der Waals surface area contributed by atoms with Crippen LogP contribution in [0.3, 0.4) is 0 Å². The van der Waals surface area contributed by atoms with Gasteiger partial charge in [0.15, 0.2) is 10.3 Å². The number of alkyl halides is 1. The van der Waals surface area contributed by atoms with E-state index in [0.717, 1.165) is 4.88 Å². The van der Waals surface area contributed by atoms with E-state index in [4.69, 9.17) is 11.6 Å². The Morgan fingerprint density at radius 1 is 1.25 bits per heavy atom. The molecule has 0 atom stereocenters. The summed E-state index contributed by atoms with van der Waals surface area (Å²) in [5.41, 5.74) is 0.616. The van der Waals surface area contributed by atoms with Crippen LogP contribution in [0.4, 0.5) is 10.3 Å². The van der Waals surface area contributed by atoms with Gasteiger partial charge in [0.05, 0.1) is 12.1 Å². The average Bonchev–Trinajstić information content (AvgIpc) is 3.15. The van der Waals surface area contributed by atoms with Crippen molar-refractivity contribution in [2.45, 2.75) is 39.0 Å². The molecule has 0 saturated carbocycles. The van der Waals surface area contributed by atoms with Crippen molar-refractivity contribution in [2.75, 3.05) is 16.5 Å². The van der Waals surface area contributed by atoms with Crippen LogP contribution in [0.1, 0.15) is 43.2 Å². The topological polar surface area (TPSA) is 84.0 Å². The molecule has 2 heterocycles. The van der Waals surface area contributed by atoms with Crippen molar-refractivity contribution in [1.29, 1.82) is 0 Å². The lowest BCUT2D eigenvalue weighted by molar-refractivity contribution is -0.116.